The quantitative estimate of drug-likeness (QED) is 0.434. The highest BCUT2D eigenvalue weighted by atomic mass is 32.2. The molecule has 9 heteroatoms. The average Bonchev–Trinajstić information content (AvgIpc) is 3.45. The number of hydrogen-bond acceptors (Lipinski definition) is 7. The molecule has 2 atom stereocenters. The third kappa shape index (κ3) is 5.91. The van der Waals surface area contributed by atoms with Gasteiger partial charge >= 0.3 is 6.09 Å². The summed E-state index contributed by atoms with van der Waals surface area (Å²) in [4.78, 5) is 18.9. The van der Waals surface area contributed by atoms with E-state index in [2.05, 4.69) is 4.98 Å². The number of benzene rings is 2. The zero-order valence-electron chi connectivity index (χ0n) is 20.3. The monoisotopic (exact) mass is 498 g/mol. The lowest BCUT2D eigenvalue weighted by molar-refractivity contribution is 0.0849. The molecule has 1 aliphatic rings. The minimum absolute atomic E-state index is 0.0244. The van der Waals surface area contributed by atoms with E-state index in [1.807, 2.05) is 58.0 Å². The zero-order chi connectivity index (χ0) is 25.2. The topological polar surface area (TPSA) is 98.9 Å². The van der Waals surface area contributed by atoms with E-state index >= 15 is 0 Å². The fraction of sp³-hybridized carbons (Fsp3) is 0.385. The number of amides is 1. The van der Waals surface area contributed by atoms with Crippen LogP contribution in [0.2, 0.25) is 0 Å². The summed E-state index contributed by atoms with van der Waals surface area (Å²) in [5, 5.41) is 0. The molecule has 1 aromatic heterocycles. The van der Waals surface area contributed by atoms with Gasteiger partial charge in [0, 0.05) is 11.8 Å². The minimum Gasteiger partial charge on any atom is -0.445 e. The molecular weight excluding hydrogens is 468 g/mol. The Hall–Kier alpha value is -3.17. The summed E-state index contributed by atoms with van der Waals surface area (Å²) in [5.41, 5.74) is 1.51. The van der Waals surface area contributed by atoms with Crippen molar-refractivity contribution in [3.8, 4) is 0 Å². The lowest BCUT2D eigenvalue weighted by Crippen LogP contribution is -2.33. The standard InChI is InChI=1S/C26H30N2O6S/c1-18-10-12-21(13-11-18)35(30,31)34-20-14-22(24-27-15-23(33-24)26(2,3)4)28(16-20)25(29)32-17-19-8-6-5-7-9-19/h5-13,15,20,22H,14,16-17H2,1-4H3. The Bertz CT molecular complexity index is 1260. The number of aryl methyl sites for hydroxylation is 1. The minimum atomic E-state index is -4.02. The van der Waals surface area contributed by atoms with Gasteiger partial charge < -0.3 is 9.15 Å². The van der Waals surface area contributed by atoms with E-state index in [0.29, 0.717) is 11.7 Å². The number of carbonyl (C=O) groups is 1. The molecule has 0 bridgehead atoms. The third-order valence-corrected chi connectivity index (χ3v) is 7.20. The number of rotatable bonds is 6. The second kappa shape index (κ2) is 9.83. The predicted octanol–water partition coefficient (Wildman–Crippen LogP) is 5.14. The molecule has 1 fully saturated rings. The predicted molar refractivity (Wildman–Crippen MR) is 129 cm³/mol. The number of ether oxygens (including phenoxy) is 1. The van der Waals surface area contributed by atoms with Crippen LogP contribution in [0.4, 0.5) is 4.79 Å². The Kier molecular flexibility index (Phi) is 7.00. The molecule has 0 radical (unpaired) electrons. The van der Waals surface area contributed by atoms with Crippen molar-refractivity contribution in [3.05, 3.63) is 83.6 Å². The van der Waals surface area contributed by atoms with Crippen molar-refractivity contribution in [1.82, 2.24) is 9.88 Å². The first-order valence-electron chi connectivity index (χ1n) is 11.5. The summed E-state index contributed by atoms with van der Waals surface area (Å²) in [6.07, 6.45) is 0.476. The maximum atomic E-state index is 13.1. The van der Waals surface area contributed by atoms with Gasteiger partial charge in [0.1, 0.15) is 18.4 Å². The maximum absolute atomic E-state index is 13.1. The molecule has 3 aromatic rings. The van der Waals surface area contributed by atoms with E-state index in [1.54, 1.807) is 18.3 Å². The second-order valence-electron chi connectivity index (χ2n) is 9.74. The van der Waals surface area contributed by atoms with Gasteiger partial charge in [0.2, 0.25) is 5.89 Å². The molecule has 0 aliphatic carbocycles. The van der Waals surface area contributed by atoms with Crippen LogP contribution in [-0.4, -0.2) is 37.0 Å². The molecule has 1 amide bonds. The van der Waals surface area contributed by atoms with Gasteiger partial charge in [-0.05, 0) is 24.6 Å². The maximum Gasteiger partial charge on any atom is 0.410 e. The average molecular weight is 499 g/mol. The Morgan fingerprint density at radius 2 is 1.80 bits per heavy atom. The smallest absolute Gasteiger partial charge is 0.410 e. The molecule has 2 aromatic carbocycles. The molecule has 1 aliphatic heterocycles. The lowest BCUT2D eigenvalue weighted by Gasteiger charge is -2.22. The van der Waals surface area contributed by atoms with Crippen LogP contribution >= 0.6 is 0 Å². The molecule has 2 unspecified atom stereocenters. The first kappa shape index (κ1) is 24.9. The van der Waals surface area contributed by atoms with Gasteiger partial charge in [0.15, 0.2) is 0 Å². The van der Waals surface area contributed by atoms with Crippen LogP contribution in [0.15, 0.2) is 70.1 Å². The van der Waals surface area contributed by atoms with E-state index in [1.165, 1.54) is 17.0 Å². The lowest BCUT2D eigenvalue weighted by atomic mass is 9.94. The molecule has 35 heavy (non-hydrogen) atoms. The molecule has 1 saturated heterocycles. The Morgan fingerprint density at radius 3 is 2.43 bits per heavy atom. The fourth-order valence-electron chi connectivity index (χ4n) is 3.83. The van der Waals surface area contributed by atoms with E-state index in [4.69, 9.17) is 13.3 Å². The number of aromatic nitrogens is 1. The zero-order valence-corrected chi connectivity index (χ0v) is 21.1. The van der Waals surface area contributed by atoms with Gasteiger partial charge in [-0.25, -0.2) is 9.78 Å². The van der Waals surface area contributed by atoms with Crippen molar-refractivity contribution in [1.29, 1.82) is 0 Å². The van der Waals surface area contributed by atoms with Gasteiger partial charge in [-0.15, -0.1) is 0 Å². The molecule has 4 rings (SSSR count). The number of carbonyl (C=O) groups excluding carboxylic acids is 1. The van der Waals surface area contributed by atoms with E-state index in [9.17, 15) is 13.2 Å². The van der Waals surface area contributed by atoms with Crippen molar-refractivity contribution in [2.24, 2.45) is 0 Å². The SMILES string of the molecule is Cc1ccc(S(=O)(=O)OC2CC(c3ncc(C(C)(C)C)o3)N(C(=O)OCc3ccccc3)C2)cc1. The second-order valence-corrected chi connectivity index (χ2v) is 11.3. The summed E-state index contributed by atoms with van der Waals surface area (Å²) in [7, 11) is -4.02. The van der Waals surface area contributed by atoms with Crippen LogP contribution in [0.3, 0.4) is 0 Å². The first-order chi connectivity index (χ1) is 16.5. The van der Waals surface area contributed by atoms with Gasteiger partial charge in [0.25, 0.3) is 10.1 Å². The van der Waals surface area contributed by atoms with Crippen LogP contribution in [0.5, 0.6) is 0 Å². The highest BCUT2D eigenvalue weighted by molar-refractivity contribution is 7.86. The molecule has 0 N–H and O–H groups in total. The van der Waals surface area contributed by atoms with E-state index < -0.39 is 28.4 Å². The number of oxazole rings is 1. The summed E-state index contributed by atoms with van der Waals surface area (Å²) < 4.78 is 42.8. The van der Waals surface area contributed by atoms with Crippen LogP contribution < -0.4 is 0 Å². The summed E-state index contributed by atoms with van der Waals surface area (Å²) in [6.45, 7) is 7.99. The highest BCUT2D eigenvalue weighted by Crippen LogP contribution is 2.36. The van der Waals surface area contributed by atoms with E-state index in [0.717, 1.165) is 11.1 Å². The molecular formula is C26H30N2O6S. The van der Waals surface area contributed by atoms with Crippen LogP contribution in [-0.2, 0) is 31.1 Å². The van der Waals surface area contributed by atoms with Crippen molar-refractivity contribution in [2.45, 2.75) is 63.2 Å². The molecule has 0 saturated carbocycles. The van der Waals surface area contributed by atoms with Gasteiger partial charge in [-0.2, -0.15) is 8.42 Å². The number of nitrogens with zero attached hydrogens (tertiary/aromatic N) is 2. The van der Waals surface area contributed by atoms with Crippen LogP contribution in [0.1, 0.15) is 56.0 Å². The first-order valence-corrected chi connectivity index (χ1v) is 12.9. The normalized spacial score (nSPS) is 18.6. The summed E-state index contributed by atoms with van der Waals surface area (Å²) >= 11 is 0. The summed E-state index contributed by atoms with van der Waals surface area (Å²) in [6, 6.07) is 15.1. The largest absolute Gasteiger partial charge is 0.445 e. The molecule has 8 nitrogen and oxygen atoms in total. The van der Waals surface area contributed by atoms with Crippen molar-refractivity contribution < 1.29 is 26.5 Å². The number of hydrogen-bond donors (Lipinski definition) is 0. The molecule has 2 heterocycles. The Labute approximate surface area is 206 Å². The Balaban J connectivity index is 1.55. The van der Waals surface area contributed by atoms with Crippen LogP contribution in [0.25, 0.3) is 0 Å². The summed E-state index contributed by atoms with van der Waals surface area (Å²) in [5.74, 6) is 0.993. The third-order valence-electron chi connectivity index (χ3n) is 5.82. The molecule has 186 valence electrons. The van der Waals surface area contributed by atoms with Gasteiger partial charge in [-0.3, -0.25) is 9.08 Å². The van der Waals surface area contributed by atoms with E-state index in [-0.39, 0.29) is 29.9 Å². The van der Waals surface area contributed by atoms with Crippen molar-refractivity contribution in [2.75, 3.05) is 6.54 Å². The number of likely N-dealkylation sites (tertiary alicyclic amines) is 1. The highest BCUT2D eigenvalue weighted by Gasteiger charge is 2.43. The van der Waals surface area contributed by atoms with Crippen molar-refractivity contribution >= 4 is 16.2 Å². The van der Waals surface area contributed by atoms with Gasteiger partial charge in [0.05, 0.1) is 23.7 Å². The molecule has 0 spiro atoms. The fourth-order valence-corrected chi connectivity index (χ4v) is 4.91. The van der Waals surface area contributed by atoms with Crippen LogP contribution in [0, 0.1) is 6.92 Å². The van der Waals surface area contributed by atoms with Gasteiger partial charge in [-0.1, -0.05) is 68.8 Å². The Morgan fingerprint density at radius 1 is 1.11 bits per heavy atom. The van der Waals surface area contributed by atoms with Crippen molar-refractivity contribution in [3.63, 3.8) is 0 Å².